The van der Waals surface area contributed by atoms with Crippen molar-refractivity contribution in [3.8, 4) is 11.1 Å². The van der Waals surface area contributed by atoms with Crippen LogP contribution in [0.3, 0.4) is 0 Å². The summed E-state index contributed by atoms with van der Waals surface area (Å²) in [6.45, 7) is 0. The first-order valence-corrected chi connectivity index (χ1v) is 5.24. The Kier molecular flexibility index (Phi) is 3.13. The maximum Gasteiger partial charge on any atom is 0.149 e. The predicted octanol–water partition coefficient (Wildman–Crippen LogP) is 4.94. The molecule has 0 spiro atoms. The van der Waals surface area contributed by atoms with Crippen molar-refractivity contribution in [2.75, 3.05) is 0 Å². The van der Waals surface area contributed by atoms with Crippen molar-refractivity contribution in [1.82, 2.24) is 0 Å². The van der Waals surface area contributed by atoms with Crippen LogP contribution in [0.25, 0.3) is 11.1 Å². The molecule has 0 aliphatic carbocycles. The molecule has 0 amide bonds. The maximum atomic E-state index is 13.7. The molecule has 0 saturated carbocycles. The van der Waals surface area contributed by atoms with Crippen molar-refractivity contribution in [2.24, 2.45) is 0 Å². The highest BCUT2D eigenvalue weighted by Crippen LogP contribution is 2.32. The van der Waals surface area contributed by atoms with Crippen LogP contribution in [-0.4, -0.2) is 0 Å². The van der Waals surface area contributed by atoms with Crippen molar-refractivity contribution in [3.63, 3.8) is 0 Å². The fourth-order valence-electron chi connectivity index (χ4n) is 1.42. The van der Waals surface area contributed by atoms with Crippen LogP contribution in [-0.2, 0) is 0 Å². The molecular formula is C12H6Cl2F2. The van der Waals surface area contributed by atoms with Gasteiger partial charge in [-0.25, -0.2) is 8.78 Å². The van der Waals surface area contributed by atoms with Crippen molar-refractivity contribution < 1.29 is 8.78 Å². The first-order valence-electron chi connectivity index (χ1n) is 4.49. The molecule has 0 bridgehead atoms. The molecule has 0 unspecified atom stereocenters. The highest BCUT2D eigenvalue weighted by Gasteiger charge is 2.11. The van der Waals surface area contributed by atoms with E-state index in [1.165, 1.54) is 18.2 Å². The minimum atomic E-state index is -0.558. The largest absolute Gasteiger partial charge is 0.207 e. The second-order valence-electron chi connectivity index (χ2n) is 3.23. The molecule has 2 rings (SSSR count). The second kappa shape index (κ2) is 4.40. The molecular weight excluding hydrogens is 253 g/mol. The Bertz CT molecular complexity index is 539. The number of rotatable bonds is 1. The zero-order valence-corrected chi connectivity index (χ0v) is 9.49. The van der Waals surface area contributed by atoms with E-state index in [9.17, 15) is 8.78 Å². The summed E-state index contributed by atoms with van der Waals surface area (Å²) in [6.07, 6.45) is 0. The van der Waals surface area contributed by atoms with Gasteiger partial charge in [0.05, 0.1) is 10.0 Å². The van der Waals surface area contributed by atoms with Gasteiger partial charge in [-0.15, -0.1) is 0 Å². The van der Waals surface area contributed by atoms with E-state index < -0.39 is 11.6 Å². The molecule has 82 valence electrons. The summed E-state index contributed by atoms with van der Waals surface area (Å²) in [5.74, 6) is -1.02. The Morgan fingerprint density at radius 3 is 2.25 bits per heavy atom. The standard InChI is InChI=1S/C12H6Cl2F2/c13-10-3-1-2-9(12(10)16)8-5-4-7(15)6-11(8)14/h1-6H. The third-order valence-corrected chi connectivity index (χ3v) is 2.78. The molecule has 0 aliphatic rings. The molecule has 2 aromatic carbocycles. The fraction of sp³-hybridized carbons (Fsp3) is 0. The van der Waals surface area contributed by atoms with E-state index in [2.05, 4.69) is 0 Å². The van der Waals surface area contributed by atoms with E-state index in [-0.39, 0.29) is 15.6 Å². The number of hydrogen-bond donors (Lipinski definition) is 0. The van der Waals surface area contributed by atoms with Gasteiger partial charge in [0.1, 0.15) is 11.6 Å². The third kappa shape index (κ3) is 2.04. The lowest BCUT2D eigenvalue weighted by Gasteiger charge is -2.06. The first-order chi connectivity index (χ1) is 7.59. The van der Waals surface area contributed by atoms with Crippen LogP contribution in [0.5, 0.6) is 0 Å². The average molecular weight is 259 g/mol. The zero-order valence-electron chi connectivity index (χ0n) is 7.98. The molecule has 0 atom stereocenters. The van der Waals surface area contributed by atoms with Crippen LogP contribution < -0.4 is 0 Å². The van der Waals surface area contributed by atoms with E-state index in [0.717, 1.165) is 6.07 Å². The Morgan fingerprint density at radius 1 is 0.812 bits per heavy atom. The van der Waals surface area contributed by atoms with Gasteiger partial charge in [0.25, 0.3) is 0 Å². The summed E-state index contributed by atoms with van der Waals surface area (Å²) in [5, 5.41) is 0.166. The highest BCUT2D eigenvalue weighted by atomic mass is 35.5. The molecule has 0 nitrogen and oxygen atoms in total. The van der Waals surface area contributed by atoms with Gasteiger partial charge < -0.3 is 0 Å². The average Bonchev–Trinajstić information content (AvgIpc) is 2.23. The minimum absolute atomic E-state index is 0.0119. The predicted molar refractivity (Wildman–Crippen MR) is 61.8 cm³/mol. The summed E-state index contributed by atoms with van der Waals surface area (Å²) >= 11 is 11.5. The normalized spacial score (nSPS) is 10.5. The molecule has 0 radical (unpaired) electrons. The van der Waals surface area contributed by atoms with Crippen LogP contribution in [0.4, 0.5) is 8.78 Å². The molecule has 0 aliphatic heterocycles. The van der Waals surface area contributed by atoms with Crippen LogP contribution in [0.15, 0.2) is 36.4 Å². The molecule has 16 heavy (non-hydrogen) atoms. The Hall–Kier alpha value is -1.12. The summed E-state index contributed by atoms with van der Waals surface area (Å²) in [6, 6.07) is 8.38. The van der Waals surface area contributed by atoms with E-state index in [1.54, 1.807) is 12.1 Å². The molecule has 0 N–H and O–H groups in total. The van der Waals surface area contributed by atoms with Crippen molar-refractivity contribution >= 4 is 23.2 Å². The summed E-state index contributed by atoms with van der Waals surface area (Å²) in [7, 11) is 0. The fourth-order valence-corrected chi connectivity index (χ4v) is 1.86. The Labute approximate surface area is 101 Å². The van der Waals surface area contributed by atoms with Gasteiger partial charge in [0.15, 0.2) is 0 Å². The highest BCUT2D eigenvalue weighted by molar-refractivity contribution is 6.33. The topological polar surface area (TPSA) is 0 Å². The van der Waals surface area contributed by atoms with Crippen molar-refractivity contribution in [3.05, 3.63) is 58.1 Å². The van der Waals surface area contributed by atoms with Gasteiger partial charge in [-0.2, -0.15) is 0 Å². The van der Waals surface area contributed by atoms with Crippen molar-refractivity contribution in [1.29, 1.82) is 0 Å². The van der Waals surface area contributed by atoms with Gasteiger partial charge in [-0.05, 0) is 24.3 Å². The molecule has 0 fully saturated rings. The van der Waals surface area contributed by atoms with Gasteiger partial charge in [-0.3, -0.25) is 0 Å². The van der Waals surface area contributed by atoms with E-state index in [1.807, 2.05) is 0 Å². The van der Waals surface area contributed by atoms with Gasteiger partial charge in [-0.1, -0.05) is 35.3 Å². The molecule has 0 aromatic heterocycles. The monoisotopic (exact) mass is 258 g/mol. The number of benzene rings is 2. The lowest BCUT2D eigenvalue weighted by molar-refractivity contribution is 0.626. The van der Waals surface area contributed by atoms with E-state index in [0.29, 0.717) is 5.56 Å². The number of hydrogen-bond acceptors (Lipinski definition) is 0. The third-order valence-electron chi connectivity index (χ3n) is 2.17. The Balaban J connectivity index is 2.63. The smallest absolute Gasteiger partial charge is 0.149 e. The molecule has 4 heteroatoms. The van der Waals surface area contributed by atoms with Gasteiger partial charge in [0, 0.05) is 11.1 Å². The quantitative estimate of drug-likeness (QED) is 0.680. The second-order valence-corrected chi connectivity index (χ2v) is 4.04. The Morgan fingerprint density at radius 2 is 1.56 bits per heavy atom. The number of halogens is 4. The summed E-state index contributed by atoms with van der Waals surface area (Å²) in [4.78, 5) is 0. The zero-order chi connectivity index (χ0) is 11.7. The summed E-state index contributed by atoms with van der Waals surface area (Å²) in [5.41, 5.74) is 0.681. The van der Waals surface area contributed by atoms with Crippen LogP contribution in [0.2, 0.25) is 10.0 Å². The maximum absolute atomic E-state index is 13.7. The van der Waals surface area contributed by atoms with Crippen LogP contribution in [0.1, 0.15) is 0 Å². The van der Waals surface area contributed by atoms with Crippen molar-refractivity contribution in [2.45, 2.75) is 0 Å². The summed E-state index contributed by atoms with van der Waals surface area (Å²) < 4.78 is 26.5. The first kappa shape index (κ1) is 11.4. The minimum Gasteiger partial charge on any atom is -0.207 e. The molecule has 2 aromatic rings. The van der Waals surface area contributed by atoms with Crippen LogP contribution >= 0.6 is 23.2 Å². The SMILES string of the molecule is Fc1ccc(-c2cccc(Cl)c2F)c(Cl)c1. The lowest BCUT2D eigenvalue weighted by Crippen LogP contribution is -1.87. The van der Waals surface area contributed by atoms with E-state index >= 15 is 0 Å². The molecule has 0 saturated heterocycles. The molecule has 0 heterocycles. The van der Waals surface area contributed by atoms with E-state index in [4.69, 9.17) is 23.2 Å². The van der Waals surface area contributed by atoms with Crippen LogP contribution in [0, 0.1) is 11.6 Å². The van der Waals surface area contributed by atoms with Gasteiger partial charge in [0.2, 0.25) is 0 Å². The lowest BCUT2D eigenvalue weighted by atomic mass is 10.1. The van der Waals surface area contributed by atoms with Gasteiger partial charge >= 0.3 is 0 Å².